The lowest BCUT2D eigenvalue weighted by molar-refractivity contribution is -0.122. The first-order chi connectivity index (χ1) is 16.0. The van der Waals surface area contributed by atoms with Gasteiger partial charge in [0.1, 0.15) is 11.5 Å². The first kappa shape index (κ1) is 22.8. The van der Waals surface area contributed by atoms with E-state index in [0.29, 0.717) is 18.7 Å². The minimum Gasteiger partial charge on any atom is -0.356 e. The van der Waals surface area contributed by atoms with Crippen molar-refractivity contribution >= 4 is 5.91 Å². The summed E-state index contributed by atoms with van der Waals surface area (Å²) in [7, 11) is 0. The third-order valence-electron chi connectivity index (χ3n) is 6.54. The van der Waals surface area contributed by atoms with Crippen molar-refractivity contribution in [2.24, 2.45) is 0 Å². The maximum absolute atomic E-state index is 13.2. The van der Waals surface area contributed by atoms with E-state index in [4.69, 9.17) is 4.74 Å². The molecule has 33 heavy (non-hydrogen) atoms. The maximum Gasteiger partial charge on any atom is 0.248 e. The van der Waals surface area contributed by atoms with Crippen LogP contribution in [0.15, 0.2) is 90.1 Å². The van der Waals surface area contributed by atoms with Crippen LogP contribution in [0, 0.1) is 5.82 Å². The van der Waals surface area contributed by atoms with E-state index in [9.17, 15) is 9.18 Å². The second kappa shape index (κ2) is 9.65. The third-order valence-corrected chi connectivity index (χ3v) is 6.54. The second-order valence-corrected chi connectivity index (χ2v) is 8.40. The summed E-state index contributed by atoms with van der Waals surface area (Å²) in [6.45, 7) is 15.7. The van der Waals surface area contributed by atoms with E-state index in [0.717, 1.165) is 54.0 Å². The molecule has 2 unspecified atom stereocenters. The number of hydrogen-bond donors (Lipinski definition) is 1. The van der Waals surface area contributed by atoms with Gasteiger partial charge in [0, 0.05) is 24.4 Å². The van der Waals surface area contributed by atoms with Crippen LogP contribution in [0.1, 0.15) is 31.7 Å². The number of allylic oxidation sites excluding steroid dienone is 4. The fourth-order valence-electron chi connectivity index (χ4n) is 4.92. The molecule has 4 rings (SSSR count). The molecule has 3 aliphatic rings. The summed E-state index contributed by atoms with van der Waals surface area (Å²) in [5, 5.41) is 2.97. The smallest absolute Gasteiger partial charge is 0.248 e. The molecule has 0 bridgehead atoms. The standard InChI is InChI=1S/C27H30FN3O2/c1-5-20(6-2)25-22(7-3)30-15-8-16-33-27(30)24-14-13-23(31(24)25)18(4)26(32)29-17-19-9-11-21(28)12-10-19/h5-6,9-12,24,27H,1-3,8,13-17H2,4H3,(H,29,32)/b23-18+. The molecule has 1 aromatic rings. The predicted octanol–water partition coefficient (Wildman–Crippen LogP) is 4.54. The van der Waals surface area contributed by atoms with Crippen LogP contribution >= 0.6 is 0 Å². The molecule has 0 spiro atoms. The third kappa shape index (κ3) is 4.20. The highest BCUT2D eigenvalue weighted by molar-refractivity contribution is 5.93. The van der Waals surface area contributed by atoms with Crippen LogP contribution in [0.5, 0.6) is 0 Å². The summed E-state index contributed by atoms with van der Waals surface area (Å²) < 4.78 is 19.4. The van der Waals surface area contributed by atoms with E-state index in [-0.39, 0.29) is 24.0 Å². The van der Waals surface area contributed by atoms with Gasteiger partial charge in [-0.3, -0.25) is 4.79 Å². The highest BCUT2D eigenvalue weighted by Crippen LogP contribution is 2.46. The molecule has 0 aromatic heterocycles. The van der Waals surface area contributed by atoms with Crippen LogP contribution in [0.25, 0.3) is 0 Å². The molecule has 3 fully saturated rings. The average molecular weight is 448 g/mol. The molecule has 0 radical (unpaired) electrons. The zero-order valence-corrected chi connectivity index (χ0v) is 19.1. The van der Waals surface area contributed by atoms with E-state index in [2.05, 4.69) is 40.6 Å². The van der Waals surface area contributed by atoms with Gasteiger partial charge in [-0.25, -0.2) is 4.39 Å². The summed E-state index contributed by atoms with van der Waals surface area (Å²) in [6.07, 6.45) is 6.00. The molecular weight excluding hydrogens is 417 g/mol. The molecule has 0 saturated carbocycles. The number of piperazine rings is 1. The van der Waals surface area contributed by atoms with E-state index in [1.165, 1.54) is 12.1 Å². The Labute approximate surface area is 194 Å². The zero-order valence-electron chi connectivity index (χ0n) is 19.1. The van der Waals surface area contributed by atoms with Crippen LogP contribution < -0.4 is 5.32 Å². The number of halogens is 1. The molecular formula is C27H30FN3O2. The number of nitrogens with zero attached hydrogens (tertiary/aromatic N) is 2. The van der Waals surface area contributed by atoms with Crippen LogP contribution in [-0.4, -0.2) is 41.1 Å². The van der Waals surface area contributed by atoms with Gasteiger partial charge < -0.3 is 19.9 Å². The highest BCUT2D eigenvalue weighted by atomic mass is 19.1. The lowest BCUT2D eigenvalue weighted by atomic mass is 10.00. The van der Waals surface area contributed by atoms with Gasteiger partial charge in [-0.15, -0.1) is 5.73 Å². The number of carbonyl (C=O) groups excluding carboxylic acids is 1. The molecule has 3 aliphatic heterocycles. The molecule has 1 aromatic carbocycles. The van der Waals surface area contributed by atoms with Crippen molar-refractivity contribution in [2.75, 3.05) is 13.2 Å². The van der Waals surface area contributed by atoms with Gasteiger partial charge in [0.25, 0.3) is 0 Å². The lowest BCUT2D eigenvalue weighted by Crippen LogP contribution is -2.58. The number of benzene rings is 1. The minimum atomic E-state index is -0.296. The zero-order chi connectivity index (χ0) is 23.5. The normalized spacial score (nSPS) is 23.3. The number of ether oxygens (including phenoxy) is 1. The highest BCUT2D eigenvalue weighted by Gasteiger charge is 2.48. The Balaban J connectivity index is 1.70. The molecule has 5 nitrogen and oxygen atoms in total. The van der Waals surface area contributed by atoms with Gasteiger partial charge in [-0.2, -0.15) is 0 Å². The number of carbonyl (C=O) groups is 1. The maximum atomic E-state index is 13.2. The van der Waals surface area contributed by atoms with Crippen LogP contribution in [0.3, 0.4) is 0 Å². The van der Waals surface area contributed by atoms with Crippen molar-refractivity contribution in [1.82, 2.24) is 15.1 Å². The number of fused-ring (bicyclic) bond motifs is 3. The Kier molecular flexibility index (Phi) is 6.68. The molecule has 1 N–H and O–H groups in total. The average Bonchev–Trinajstić information content (AvgIpc) is 3.29. The van der Waals surface area contributed by atoms with Crippen molar-refractivity contribution < 1.29 is 13.9 Å². The van der Waals surface area contributed by atoms with Gasteiger partial charge in [0.15, 0.2) is 6.23 Å². The topological polar surface area (TPSA) is 44.8 Å². The summed E-state index contributed by atoms with van der Waals surface area (Å²) in [5.74, 6) is -0.445. The van der Waals surface area contributed by atoms with E-state index < -0.39 is 0 Å². The summed E-state index contributed by atoms with van der Waals surface area (Å²) in [4.78, 5) is 17.5. The van der Waals surface area contributed by atoms with Crippen LogP contribution in [0.4, 0.5) is 4.39 Å². The summed E-state index contributed by atoms with van der Waals surface area (Å²) in [5.41, 5.74) is 8.20. The van der Waals surface area contributed by atoms with Crippen molar-refractivity contribution in [1.29, 1.82) is 0 Å². The molecule has 2 atom stereocenters. The number of amides is 1. The molecule has 3 saturated heterocycles. The first-order valence-electron chi connectivity index (χ1n) is 11.3. The largest absolute Gasteiger partial charge is 0.356 e. The Morgan fingerprint density at radius 3 is 2.70 bits per heavy atom. The van der Waals surface area contributed by atoms with Crippen molar-refractivity contribution in [3.63, 3.8) is 0 Å². The van der Waals surface area contributed by atoms with Gasteiger partial charge in [0.05, 0.1) is 18.3 Å². The Morgan fingerprint density at radius 1 is 1.30 bits per heavy atom. The minimum absolute atomic E-state index is 0.0714. The lowest BCUT2D eigenvalue weighted by Gasteiger charge is -2.50. The van der Waals surface area contributed by atoms with E-state index in [1.807, 2.05) is 6.92 Å². The fourth-order valence-corrected chi connectivity index (χ4v) is 4.92. The van der Waals surface area contributed by atoms with Crippen molar-refractivity contribution in [3.8, 4) is 0 Å². The number of hydrogen-bond acceptors (Lipinski definition) is 4. The van der Waals surface area contributed by atoms with Crippen molar-refractivity contribution in [3.05, 3.63) is 102 Å². The van der Waals surface area contributed by atoms with E-state index in [1.54, 1.807) is 24.3 Å². The molecule has 3 heterocycles. The quantitative estimate of drug-likeness (QED) is 0.532. The monoisotopic (exact) mass is 447 g/mol. The number of nitrogens with one attached hydrogen (secondary N) is 1. The SMILES string of the molecule is C=C=C1C(=C(C=C)C=C)N2/C(=C(\C)C(=O)NCc3ccc(F)cc3)CCC2C2OCCCN12. The van der Waals surface area contributed by atoms with Crippen molar-refractivity contribution in [2.45, 2.75) is 45.0 Å². The first-order valence-corrected chi connectivity index (χ1v) is 11.3. The second-order valence-electron chi connectivity index (χ2n) is 8.40. The predicted molar refractivity (Wildman–Crippen MR) is 127 cm³/mol. The Bertz CT molecular complexity index is 1070. The van der Waals surface area contributed by atoms with Crippen LogP contribution in [-0.2, 0) is 16.1 Å². The van der Waals surface area contributed by atoms with Gasteiger partial charge in [-0.1, -0.05) is 44.0 Å². The molecule has 172 valence electrons. The van der Waals surface area contributed by atoms with Gasteiger partial charge in [-0.05, 0) is 49.5 Å². The van der Waals surface area contributed by atoms with Gasteiger partial charge >= 0.3 is 0 Å². The Hall–Kier alpha value is -3.34. The summed E-state index contributed by atoms with van der Waals surface area (Å²) >= 11 is 0. The fraction of sp³-hybridized carbons (Fsp3) is 0.333. The molecule has 6 heteroatoms. The Morgan fingerprint density at radius 2 is 2.03 bits per heavy atom. The number of rotatable bonds is 5. The van der Waals surface area contributed by atoms with E-state index >= 15 is 0 Å². The van der Waals surface area contributed by atoms with Crippen LogP contribution in [0.2, 0.25) is 0 Å². The molecule has 1 amide bonds. The van der Waals surface area contributed by atoms with Gasteiger partial charge in [0.2, 0.25) is 5.91 Å². The summed E-state index contributed by atoms with van der Waals surface area (Å²) in [6, 6.07) is 6.20. The molecule has 0 aliphatic carbocycles.